The maximum Gasteiger partial charge on any atom is 0.322 e. The second-order valence-electron chi connectivity index (χ2n) is 6.56. The molecule has 150 valence electrons. The molecule has 1 heterocycles. The number of carbonyl (C=O) groups excluding carboxylic acids is 2. The fraction of sp³-hybridized carbons (Fsp3) is 0.381. The van der Waals surface area contributed by atoms with Gasteiger partial charge >= 0.3 is 6.03 Å². The van der Waals surface area contributed by atoms with Crippen LogP contribution in [0.5, 0.6) is 0 Å². The lowest BCUT2D eigenvalue weighted by atomic mass is 10.2. The van der Waals surface area contributed by atoms with E-state index in [9.17, 15) is 9.59 Å². The Morgan fingerprint density at radius 2 is 2.04 bits per heavy atom. The number of pyridine rings is 1. The molecule has 0 aliphatic heterocycles. The van der Waals surface area contributed by atoms with Gasteiger partial charge in [-0.1, -0.05) is 30.7 Å². The number of anilines is 1. The lowest BCUT2D eigenvalue weighted by molar-refractivity contribution is -0.121. The Balaban J connectivity index is 1.83. The number of hydrogen-bond acceptors (Lipinski definition) is 3. The summed E-state index contributed by atoms with van der Waals surface area (Å²) < 4.78 is 0. The molecule has 0 fully saturated rings. The first kappa shape index (κ1) is 21.7. The summed E-state index contributed by atoms with van der Waals surface area (Å²) >= 11 is 5.97. The van der Waals surface area contributed by atoms with Crippen LogP contribution in [0.3, 0.4) is 0 Å². The van der Waals surface area contributed by atoms with Crippen molar-refractivity contribution in [2.24, 2.45) is 0 Å². The van der Waals surface area contributed by atoms with E-state index in [1.165, 1.54) is 0 Å². The molecule has 1 atom stereocenters. The Morgan fingerprint density at radius 3 is 2.71 bits per heavy atom. The second-order valence-corrected chi connectivity index (χ2v) is 7.00. The van der Waals surface area contributed by atoms with E-state index in [2.05, 4.69) is 15.6 Å². The quantitative estimate of drug-likeness (QED) is 0.662. The first-order chi connectivity index (χ1) is 13.5. The Labute approximate surface area is 171 Å². The van der Waals surface area contributed by atoms with Crippen LogP contribution in [0.25, 0.3) is 0 Å². The molecule has 2 rings (SSSR count). The highest BCUT2D eigenvalue weighted by Gasteiger charge is 2.20. The van der Waals surface area contributed by atoms with Gasteiger partial charge in [-0.2, -0.15) is 0 Å². The molecule has 0 aliphatic carbocycles. The minimum Gasteiger partial charge on any atom is -0.356 e. The minimum atomic E-state index is -0.238. The van der Waals surface area contributed by atoms with Crippen molar-refractivity contribution in [1.82, 2.24) is 15.2 Å². The number of aromatic nitrogens is 1. The number of carbonyl (C=O) groups is 2. The minimum absolute atomic E-state index is 0.0144. The van der Waals surface area contributed by atoms with Crippen LogP contribution in [-0.4, -0.2) is 41.0 Å². The summed E-state index contributed by atoms with van der Waals surface area (Å²) in [6.07, 6.45) is 3.45. The average Bonchev–Trinajstić information content (AvgIpc) is 2.68. The lowest BCUT2D eigenvalue weighted by Gasteiger charge is -2.28. The zero-order valence-electron chi connectivity index (χ0n) is 16.3. The monoisotopic (exact) mass is 402 g/mol. The van der Waals surface area contributed by atoms with E-state index in [-0.39, 0.29) is 24.4 Å². The van der Waals surface area contributed by atoms with Gasteiger partial charge in [0.25, 0.3) is 0 Å². The van der Waals surface area contributed by atoms with Gasteiger partial charge in [-0.25, -0.2) is 4.79 Å². The molecule has 2 aromatic rings. The Hall–Kier alpha value is -2.60. The zero-order valence-corrected chi connectivity index (χ0v) is 17.1. The smallest absolute Gasteiger partial charge is 0.322 e. The highest BCUT2D eigenvalue weighted by Crippen LogP contribution is 2.16. The number of hydrogen-bond donors (Lipinski definition) is 2. The van der Waals surface area contributed by atoms with Crippen molar-refractivity contribution < 1.29 is 9.59 Å². The molecule has 28 heavy (non-hydrogen) atoms. The summed E-state index contributed by atoms with van der Waals surface area (Å²) in [5, 5.41) is 6.29. The third-order valence-electron chi connectivity index (χ3n) is 4.47. The van der Waals surface area contributed by atoms with E-state index in [1.54, 1.807) is 35.4 Å². The molecule has 1 unspecified atom stereocenters. The van der Waals surface area contributed by atoms with Gasteiger partial charge in [0.05, 0.1) is 0 Å². The molecule has 7 heteroatoms. The van der Waals surface area contributed by atoms with Crippen molar-refractivity contribution in [3.05, 3.63) is 59.4 Å². The highest BCUT2D eigenvalue weighted by atomic mass is 35.5. The average molecular weight is 403 g/mol. The van der Waals surface area contributed by atoms with Crippen molar-refractivity contribution in [2.75, 3.05) is 18.4 Å². The summed E-state index contributed by atoms with van der Waals surface area (Å²) in [7, 11) is 0. The molecule has 1 aromatic heterocycles. The molecule has 0 bridgehead atoms. The van der Waals surface area contributed by atoms with Gasteiger partial charge in [0, 0.05) is 54.6 Å². The van der Waals surface area contributed by atoms with Crippen LogP contribution < -0.4 is 10.6 Å². The van der Waals surface area contributed by atoms with E-state index in [0.717, 1.165) is 12.1 Å². The molecule has 0 spiro atoms. The number of halogens is 1. The first-order valence-electron chi connectivity index (χ1n) is 9.49. The van der Waals surface area contributed by atoms with Gasteiger partial charge in [0.15, 0.2) is 0 Å². The summed E-state index contributed by atoms with van der Waals surface area (Å²) in [4.78, 5) is 30.7. The normalized spacial score (nSPS) is 11.5. The molecule has 0 saturated heterocycles. The van der Waals surface area contributed by atoms with Crippen LogP contribution in [0, 0.1) is 0 Å². The van der Waals surface area contributed by atoms with E-state index < -0.39 is 0 Å². The number of nitrogens with zero attached hydrogens (tertiary/aromatic N) is 2. The number of benzene rings is 1. The number of urea groups is 1. The summed E-state index contributed by atoms with van der Waals surface area (Å²) in [5.74, 6) is -0.0835. The van der Waals surface area contributed by atoms with Crippen molar-refractivity contribution in [3.8, 4) is 0 Å². The van der Waals surface area contributed by atoms with Crippen molar-refractivity contribution >= 4 is 29.2 Å². The third-order valence-corrected chi connectivity index (χ3v) is 4.70. The molecular weight excluding hydrogens is 376 g/mol. The van der Waals surface area contributed by atoms with Crippen LogP contribution in [0.15, 0.2) is 48.7 Å². The Morgan fingerprint density at radius 1 is 1.21 bits per heavy atom. The predicted molar refractivity (Wildman–Crippen MR) is 112 cm³/mol. The zero-order chi connectivity index (χ0) is 20.4. The largest absolute Gasteiger partial charge is 0.356 e. The van der Waals surface area contributed by atoms with E-state index in [4.69, 9.17) is 11.6 Å². The highest BCUT2D eigenvalue weighted by molar-refractivity contribution is 6.30. The molecule has 2 N–H and O–H groups in total. The van der Waals surface area contributed by atoms with Gasteiger partial charge in [0.2, 0.25) is 5.91 Å². The molecule has 6 nitrogen and oxygen atoms in total. The maximum atomic E-state index is 12.7. The molecule has 0 aliphatic rings. The second kappa shape index (κ2) is 11.3. The molecule has 1 aromatic carbocycles. The van der Waals surface area contributed by atoms with Crippen LogP contribution in [0.1, 0.15) is 32.4 Å². The van der Waals surface area contributed by atoms with Crippen LogP contribution in [0.2, 0.25) is 5.02 Å². The van der Waals surface area contributed by atoms with Crippen molar-refractivity contribution in [2.45, 2.75) is 39.2 Å². The van der Waals surface area contributed by atoms with Crippen LogP contribution >= 0.6 is 11.6 Å². The van der Waals surface area contributed by atoms with Gasteiger partial charge in [0.1, 0.15) is 0 Å². The van der Waals surface area contributed by atoms with E-state index in [0.29, 0.717) is 30.2 Å². The fourth-order valence-electron chi connectivity index (χ4n) is 2.69. The molecule has 3 amide bonds. The Bertz CT molecular complexity index is 770. The SMILES string of the molecule is CCC(C)N(CCC(=O)NCCc1ccccn1)C(=O)Nc1cccc(Cl)c1. The van der Waals surface area contributed by atoms with Gasteiger partial charge < -0.3 is 15.5 Å². The topological polar surface area (TPSA) is 74.3 Å². The third kappa shape index (κ3) is 7.19. The molecular formula is C21H27ClN4O2. The number of nitrogens with one attached hydrogen (secondary N) is 2. The summed E-state index contributed by atoms with van der Waals surface area (Å²) in [6, 6.07) is 12.5. The van der Waals surface area contributed by atoms with Gasteiger partial charge in [-0.05, 0) is 43.7 Å². The van der Waals surface area contributed by atoms with E-state index >= 15 is 0 Å². The van der Waals surface area contributed by atoms with Gasteiger partial charge in [-0.15, -0.1) is 0 Å². The first-order valence-corrected chi connectivity index (χ1v) is 9.87. The standard InChI is InChI=1S/C21H27ClN4O2/c1-3-16(2)26(21(28)25-19-9-6-7-17(22)15-19)14-11-20(27)24-13-10-18-8-4-5-12-23-18/h4-9,12,15-16H,3,10-11,13-14H2,1-2H3,(H,24,27)(H,25,28). The van der Waals surface area contributed by atoms with Crippen molar-refractivity contribution in [3.63, 3.8) is 0 Å². The molecule has 0 radical (unpaired) electrons. The lowest BCUT2D eigenvalue weighted by Crippen LogP contribution is -2.43. The summed E-state index contributed by atoms with van der Waals surface area (Å²) in [5.41, 5.74) is 1.57. The number of amides is 3. The summed E-state index contributed by atoms with van der Waals surface area (Å²) in [6.45, 7) is 4.85. The van der Waals surface area contributed by atoms with Gasteiger partial charge in [-0.3, -0.25) is 9.78 Å². The molecule has 0 saturated carbocycles. The van der Waals surface area contributed by atoms with Crippen molar-refractivity contribution in [1.29, 1.82) is 0 Å². The van der Waals surface area contributed by atoms with Crippen LogP contribution in [-0.2, 0) is 11.2 Å². The maximum absolute atomic E-state index is 12.7. The van der Waals surface area contributed by atoms with Crippen LogP contribution in [0.4, 0.5) is 10.5 Å². The predicted octanol–water partition coefficient (Wildman–Crippen LogP) is 4.12. The number of rotatable bonds is 9. The Kier molecular flexibility index (Phi) is 8.75. The van der Waals surface area contributed by atoms with E-state index in [1.807, 2.05) is 32.0 Å². The fourth-order valence-corrected chi connectivity index (χ4v) is 2.88.